The maximum absolute atomic E-state index is 12.4. The number of aromatic nitrogens is 18. The SMILES string of the molecule is C=CCn1c(=O)n(CC)c(=O)n(CC=C)c1=O.C=CCn1c(=O)n(CC=C)c(=O)n(CCC)c1=O.C=CCn1c(=O)n(CC=C)c(=O)n(CCCC)c1=O.C=CCn1c(=O)n(CC=C)c(=O)n(CCCCC)c1=O.C=CCn1c(=O)n(CC=C)c(=O)n(CCCCCC)c1=O.C=CCn1c(=O)n(CC=C)c(=O)n(CCCCCCCC)c1=O. The molecule has 0 N–H and O–H groups in total. The number of allylic oxidation sites excluding steroid dienone is 12. The average molecular weight is 1650 g/mol. The lowest BCUT2D eigenvalue weighted by atomic mass is 10.1. The van der Waals surface area contributed by atoms with Crippen LogP contribution in [0.2, 0.25) is 0 Å². The van der Waals surface area contributed by atoms with Gasteiger partial charge in [0.1, 0.15) is 0 Å². The van der Waals surface area contributed by atoms with Gasteiger partial charge in [0.2, 0.25) is 0 Å². The van der Waals surface area contributed by atoms with Gasteiger partial charge < -0.3 is 0 Å². The second-order valence-corrected chi connectivity index (χ2v) is 26.3. The number of rotatable bonds is 46. The quantitative estimate of drug-likeness (QED) is 0.0389. The van der Waals surface area contributed by atoms with Crippen LogP contribution in [0.4, 0.5) is 0 Å². The summed E-state index contributed by atoms with van der Waals surface area (Å²) < 4.78 is 18.7. The molecule has 0 aliphatic carbocycles. The number of nitrogens with zero attached hydrogens (tertiary/aromatic N) is 18. The molecule has 648 valence electrons. The molecule has 0 atom stereocenters. The van der Waals surface area contributed by atoms with Gasteiger partial charge in [-0.15, -0.1) is 78.9 Å². The molecule has 0 fully saturated rings. The van der Waals surface area contributed by atoms with Crippen LogP contribution in [0.25, 0.3) is 0 Å². The Morgan fingerprint density at radius 1 is 0.153 bits per heavy atom. The van der Waals surface area contributed by atoms with Crippen molar-refractivity contribution < 1.29 is 0 Å². The molecule has 6 aromatic heterocycles. The smallest absolute Gasteiger partial charge is 0.247 e. The predicted octanol–water partition coefficient (Wildman–Crippen LogP) is 3.62. The molecule has 0 aliphatic heterocycles. The highest BCUT2D eigenvalue weighted by molar-refractivity contribution is 4.92. The molecular formula is C82H122N18O18. The van der Waals surface area contributed by atoms with Gasteiger partial charge in [0.05, 0.1) is 78.5 Å². The molecule has 6 heterocycles. The molecule has 36 heteroatoms. The number of hydrogen-bond donors (Lipinski definition) is 0. The normalized spacial score (nSPS) is 10.4. The molecule has 0 amide bonds. The van der Waals surface area contributed by atoms with Crippen molar-refractivity contribution in [3.8, 4) is 0 Å². The first-order valence-electron chi connectivity index (χ1n) is 39.5. The topological polar surface area (TPSA) is 396 Å². The van der Waals surface area contributed by atoms with E-state index in [-0.39, 0.29) is 91.6 Å². The molecule has 0 radical (unpaired) electrons. The summed E-state index contributed by atoms with van der Waals surface area (Å²) in [4.78, 5) is 218. The van der Waals surface area contributed by atoms with Crippen molar-refractivity contribution in [3.05, 3.63) is 341 Å². The second-order valence-electron chi connectivity index (χ2n) is 26.3. The lowest BCUT2D eigenvalue weighted by Crippen LogP contribution is -2.54. The zero-order chi connectivity index (χ0) is 89.3. The van der Waals surface area contributed by atoms with Crippen molar-refractivity contribution in [3.63, 3.8) is 0 Å². The van der Waals surface area contributed by atoms with Crippen molar-refractivity contribution >= 4 is 0 Å². The third-order valence-electron chi connectivity index (χ3n) is 17.5. The third kappa shape index (κ3) is 28.4. The zero-order valence-corrected chi connectivity index (χ0v) is 69.9. The molecule has 0 aromatic carbocycles. The summed E-state index contributed by atoms with van der Waals surface area (Å²) in [5, 5.41) is 0. The van der Waals surface area contributed by atoms with Crippen LogP contribution in [0.5, 0.6) is 0 Å². The summed E-state index contributed by atoms with van der Waals surface area (Å²) in [5.41, 5.74) is -10.7. The Balaban J connectivity index is 0.000000710. The molecule has 0 bridgehead atoms. The Labute approximate surface area is 681 Å². The van der Waals surface area contributed by atoms with E-state index in [1.165, 1.54) is 92.2 Å². The van der Waals surface area contributed by atoms with Crippen LogP contribution in [0.1, 0.15) is 144 Å². The molecule has 36 nitrogen and oxygen atoms in total. The molecule has 0 unspecified atom stereocenters. The number of unbranched alkanes of at least 4 members (excludes halogenated alkanes) is 11. The summed E-state index contributed by atoms with van der Waals surface area (Å²) in [6.45, 7) is 56.8. The minimum Gasteiger partial charge on any atom is -0.247 e. The largest absolute Gasteiger partial charge is 0.336 e. The fourth-order valence-electron chi connectivity index (χ4n) is 11.6. The molecule has 0 saturated carbocycles. The Hall–Kier alpha value is -12.7. The third-order valence-corrected chi connectivity index (χ3v) is 17.5. The van der Waals surface area contributed by atoms with E-state index >= 15 is 0 Å². The van der Waals surface area contributed by atoms with Gasteiger partial charge in [-0.2, -0.15) is 0 Å². The van der Waals surface area contributed by atoms with Gasteiger partial charge in [0, 0.05) is 39.3 Å². The minimum absolute atomic E-state index is 0.0785. The van der Waals surface area contributed by atoms with Gasteiger partial charge in [-0.3, -0.25) is 0 Å². The summed E-state index contributed by atoms with van der Waals surface area (Å²) in [5.74, 6) is 0. The first kappa shape index (κ1) is 103. The average Bonchev–Trinajstić information content (AvgIpc) is 0.846. The van der Waals surface area contributed by atoms with E-state index < -0.39 is 102 Å². The van der Waals surface area contributed by atoms with Crippen LogP contribution in [0.15, 0.2) is 238 Å². The van der Waals surface area contributed by atoms with E-state index in [9.17, 15) is 86.3 Å². The van der Waals surface area contributed by atoms with E-state index in [4.69, 9.17) is 0 Å². The van der Waals surface area contributed by atoms with Crippen LogP contribution in [-0.2, 0) is 118 Å². The van der Waals surface area contributed by atoms with Gasteiger partial charge in [-0.05, 0) is 39.0 Å². The highest BCUT2D eigenvalue weighted by Gasteiger charge is 2.20. The molecule has 0 aliphatic rings. The molecule has 6 rings (SSSR count). The summed E-state index contributed by atoms with van der Waals surface area (Å²) in [6, 6.07) is 0. The van der Waals surface area contributed by atoms with Gasteiger partial charge in [-0.25, -0.2) is 169 Å². The van der Waals surface area contributed by atoms with Gasteiger partial charge >= 0.3 is 102 Å². The summed E-state index contributed by atoms with van der Waals surface area (Å²) in [7, 11) is 0. The lowest BCUT2D eigenvalue weighted by molar-refractivity contribution is 0.457. The Kier molecular flexibility index (Phi) is 48.9. The van der Waals surface area contributed by atoms with Crippen LogP contribution in [-0.4, -0.2) is 82.2 Å². The van der Waals surface area contributed by atoms with Gasteiger partial charge in [-0.1, -0.05) is 178 Å². The lowest BCUT2D eigenvalue weighted by Gasteiger charge is -2.12. The predicted molar refractivity (Wildman–Crippen MR) is 466 cm³/mol. The fourth-order valence-corrected chi connectivity index (χ4v) is 11.6. The fraction of sp³-hybridized carbons (Fsp3) is 0.488. The highest BCUT2D eigenvalue weighted by atomic mass is 16.2. The van der Waals surface area contributed by atoms with Crippen molar-refractivity contribution in [2.24, 2.45) is 0 Å². The minimum atomic E-state index is -0.635. The van der Waals surface area contributed by atoms with Crippen molar-refractivity contribution in [2.75, 3.05) is 0 Å². The van der Waals surface area contributed by atoms with Crippen LogP contribution in [0.3, 0.4) is 0 Å². The standard InChI is InChI=1S/C17H27N3O3.C15H23N3O3.C14H21N3O3.C13H19N3O3.C12H17N3O3.C11H15N3O3/c1-4-7-8-9-10-11-14-20-16(22)18(12-5-2)15(21)19(13-6-3)17(20)23;1-4-7-8-9-12-18-14(20)16(10-5-2)13(19)17(11-6-3)15(18)21;1-4-7-8-11-17-13(19)15(9-5-2)12(18)16(10-6-3)14(17)20;1-4-7-10-16-12(18)14(8-5-2)11(17)15(9-6-3)13(16)19;1-4-7-13-10(16)14(8-5-2)12(18)15(9-6-3)11(13)17;1-4-7-13-9(15)12(6-3)10(16)14(8-5-2)11(13)17/h5-6H,2-4,7-14H2,1H3;5-6H,2-4,7-12H2,1H3;5-6H,2-4,7-11H2,1H3;5-6H,2-4,7-10H2,1H3;4-5H,1-2,6-9H2,3H3;4-5H,1-2,6-8H2,3H3. The molecule has 6 aromatic rings. The van der Waals surface area contributed by atoms with E-state index in [1.54, 1.807) is 6.92 Å². The Morgan fingerprint density at radius 2 is 0.280 bits per heavy atom. The molecule has 0 saturated heterocycles. The van der Waals surface area contributed by atoms with Crippen LogP contribution >= 0.6 is 0 Å². The first-order valence-corrected chi connectivity index (χ1v) is 39.5. The van der Waals surface area contributed by atoms with Gasteiger partial charge in [0.25, 0.3) is 0 Å². The second kappa shape index (κ2) is 55.8. The van der Waals surface area contributed by atoms with Gasteiger partial charge in [0.15, 0.2) is 0 Å². The van der Waals surface area contributed by atoms with Crippen LogP contribution in [0, 0.1) is 0 Å². The summed E-state index contributed by atoms with van der Waals surface area (Å²) >= 11 is 0. The van der Waals surface area contributed by atoms with Crippen molar-refractivity contribution in [2.45, 2.75) is 262 Å². The van der Waals surface area contributed by atoms with E-state index in [2.05, 4.69) is 92.8 Å². The monoisotopic (exact) mass is 1650 g/mol. The Bertz CT molecular complexity index is 5360. The van der Waals surface area contributed by atoms with Crippen molar-refractivity contribution in [1.82, 2.24) is 82.2 Å². The summed E-state index contributed by atoms with van der Waals surface area (Å²) in [6.07, 6.45) is 32.5. The van der Waals surface area contributed by atoms with Crippen LogP contribution < -0.4 is 102 Å². The number of hydrogen-bond acceptors (Lipinski definition) is 18. The maximum atomic E-state index is 12.4. The Morgan fingerprint density at radius 3 is 0.449 bits per heavy atom. The van der Waals surface area contributed by atoms with E-state index in [1.807, 2.05) is 20.8 Å². The maximum Gasteiger partial charge on any atom is 0.336 e. The first-order chi connectivity index (χ1) is 56.5. The zero-order valence-electron chi connectivity index (χ0n) is 69.9. The molecule has 0 spiro atoms. The molecule has 118 heavy (non-hydrogen) atoms. The highest BCUT2D eigenvalue weighted by Crippen LogP contribution is 2.05. The van der Waals surface area contributed by atoms with E-state index in [0.717, 1.165) is 153 Å². The van der Waals surface area contributed by atoms with Crippen molar-refractivity contribution in [1.29, 1.82) is 0 Å². The van der Waals surface area contributed by atoms with E-state index in [0.29, 0.717) is 39.0 Å². The molecular weight excluding hydrogens is 1530 g/mol.